The van der Waals surface area contributed by atoms with E-state index in [-0.39, 0.29) is 5.41 Å². The molecule has 0 spiro atoms. The molecule has 0 aromatic carbocycles. The van der Waals surface area contributed by atoms with Crippen molar-refractivity contribution in [2.45, 2.75) is 20.8 Å². The van der Waals surface area contributed by atoms with Crippen LogP contribution < -0.4 is 0 Å². The Labute approximate surface area is 93.4 Å². The first kappa shape index (κ1) is 13.5. The average Bonchev–Trinajstić information content (AvgIpc) is 1.99. The molecule has 14 heavy (non-hydrogen) atoms. The minimum absolute atomic E-state index is 0.0859. The number of nitro groups is 1. The van der Waals surface area contributed by atoms with Crippen LogP contribution in [0.2, 0.25) is 0 Å². The van der Waals surface area contributed by atoms with Gasteiger partial charge >= 0.3 is 0 Å². The van der Waals surface area contributed by atoms with E-state index in [0.29, 0.717) is 5.03 Å². The molecule has 0 saturated carbocycles. The van der Waals surface area contributed by atoms with Crippen molar-refractivity contribution in [3.63, 3.8) is 0 Å². The van der Waals surface area contributed by atoms with Gasteiger partial charge < -0.3 is 0 Å². The molecule has 80 valence electrons. The van der Waals surface area contributed by atoms with E-state index < -0.39 is 4.92 Å². The number of rotatable bonds is 3. The fourth-order valence-electron chi connectivity index (χ4n) is 0.964. The summed E-state index contributed by atoms with van der Waals surface area (Å²) in [7, 11) is 0. The van der Waals surface area contributed by atoms with Crippen molar-refractivity contribution in [1.82, 2.24) is 0 Å². The fraction of sp³-hybridized carbons (Fsp3) is 0.556. The molecular formula is C9H14ClNO2S. The van der Waals surface area contributed by atoms with E-state index in [0.717, 1.165) is 11.1 Å². The summed E-state index contributed by atoms with van der Waals surface area (Å²) in [5.41, 5.74) is -0.0859. The van der Waals surface area contributed by atoms with Crippen LogP contribution in [0.25, 0.3) is 0 Å². The molecule has 0 rings (SSSR count). The van der Waals surface area contributed by atoms with Crippen LogP contribution in [-0.2, 0) is 0 Å². The average molecular weight is 236 g/mol. The highest BCUT2D eigenvalue weighted by molar-refractivity contribution is 8.02. The number of nitrogens with zero attached hydrogens (tertiary/aromatic N) is 1. The summed E-state index contributed by atoms with van der Waals surface area (Å²) < 4.78 is 0. The molecule has 0 aliphatic heterocycles. The maximum absolute atomic E-state index is 10.1. The van der Waals surface area contributed by atoms with Crippen LogP contribution in [0.1, 0.15) is 20.8 Å². The molecule has 3 nitrogen and oxygen atoms in total. The lowest BCUT2D eigenvalue weighted by atomic mass is 9.95. The molecular weight excluding hydrogens is 222 g/mol. The van der Waals surface area contributed by atoms with Gasteiger partial charge in [0.1, 0.15) is 0 Å². The molecule has 0 aliphatic rings. The van der Waals surface area contributed by atoms with Crippen LogP contribution in [0.4, 0.5) is 0 Å². The van der Waals surface area contributed by atoms with E-state index in [9.17, 15) is 10.1 Å². The van der Waals surface area contributed by atoms with Crippen LogP contribution in [0.3, 0.4) is 0 Å². The summed E-state index contributed by atoms with van der Waals surface area (Å²) >= 11 is 7.45. The maximum Gasteiger partial charge on any atom is 0.235 e. The Morgan fingerprint density at radius 2 is 2.00 bits per heavy atom. The fourth-order valence-corrected chi connectivity index (χ4v) is 2.41. The molecule has 0 heterocycles. The third kappa shape index (κ3) is 4.67. The van der Waals surface area contributed by atoms with E-state index in [1.54, 1.807) is 0 Å². The predicted octanol–water partition coefficient (Wildman–Crippen LogP) is 3.64. The maximum atomic E-state index is 10.1. The molecule has 0 amide bonds. The third-order valence-corrected chi connectivity index (χ3v) is 3.11. The molecule has 0 aromatic rings. The van der Waals surface area contributed by atoms with Gasteiger partial charge in [-0.05, 0) is 11.7 Å². The molecule has 0 aromatic heterocycles. The van der Waals surface area contributed by atoms with Crippen molar-refractivity contribution >= 4 is 23.4 Å². The molecule has 0 fully saturated rings. The van der Waals surface area contributed by atoms with Crippen LogP contribution >= 0.6 is 23.4 Å². The number of allylic oxidation sites excluding steroid dienone is 3. The summed E-state index contributed by atoms with van der Waals surface area (Å²) in [5, 5.41) is 10.5. The number of hydrogen-bond donors (Lipinski definition) is 0. The smallest absolute Gasteiger partial charge is 0.235 e. The van der Waals surface area contributed by atoms with E-state index in [2.05, 4.69) is 0 Å². The van der Waals surface area contributed by atoms with Crippen molar-refractivity contribution in [2.75, 3.05) is 6.26 Å². The summed E-state index contributed by atoms with van der Waals surface area (Å²) in [5.74, 6) is 0. The summed E-state index contributed by atoms with van der Waals surface area (Å²) in [6.07, 6.45) is 4.08. The molecule has 0 atom stereocenters. The van der Waals surface area contributed by atoms with Crippen molar-refractivity contribution < 1.29 is 4.92 Å². The molecule has 0 radical (unpaired) electrons. The quantitative estimate of drug-likeness (QED) is 0.426. The van der Waals surface area contributed by atoms with E-state index >= 15 is 0 Å². The Morgan fingerprint density at radius 3 is 2.29 bits per heavy atom. The third-order valence-electron chi connectivity index (χ3n) is 1.44. The summed E-state index contributed by atoms with van der Waals surface area (Å²) in [6, 6.07) is 0. The van der Waals surface area contributed by atoms with Gasteiger partial charge in [0.05, 0.1) is 9.96 Å². The number of thioether (sulfide) groups is 1. The van der Waals surface area contributed by atoms with Gasteiger partial charge in [-0.15, -0.1) is 11.8 Å². The van der Waals surface area contributed by atoms with Crippen molar-refractivity contribution in [3.05, 3.63) is 32.3 Å². The Balaban J connectivity index is 4.95. The lowest BCUT2D eigenvalue weighted by Gasteiger charge is -2.21. The SMILES string of the molecule is CS/C(=C(Cl)\C=C\[N+](=O)[O-])C(C)(C)C. The Kier molecular flexibility index (Phi) is 5.23. The molecule has 0 bridgehead atoms. The van der Waals surface area contributed by atoms with E-state index in [4.69, 9.17) is 11.6 Å². The zero-order valence-electron chi connectivity index (χ0n) is 8.70. The van der Waals surface area contributed by atoms with Crippen LogP contribution in [0.5, 0.6) is 0 Å². The zero-order chi connectivity index (χ0) is 11.4. The highest BCUT2D eigenvalue weighted by Crippen LogP contribution is 2.37. The minimum atomic E-state index is -0.525. The molecule has 0 N–H and O–H groups in total. The van der Waals surface area contributed by atoms with E-state index in [1.165, 1.54) is 17.8 Å². The number of halogens is 1. The first-order valence-electron chi connectivity index (χ1n) is 4.05. The first-order chi connectivity index (χ1) is 6.29. The van der Waals surface area contributed by atoms with Gasteiger partial charge in [-0.2, -0.15) is 0 Å². The van der Waals surface area contributed by atoms with Crippen LogP contribution in [0, 0.1) is 15.5 Å². The second-order valence-corrected chi connectivity index (χ2v) is 4.96. The van der Waals surface area contributed by atoms with Crippen molar-refractivity contribution in [2.24, 2.45) is 5.41 Å². The topological polar surface area (TPSA) is 43.1 Å². The van der Waals surface area contributed by atoms with Gasteiger partial charge in [-0.3, -0.25) is 10.1 Å². The second kappa shape index (κ2) is 5.41. The van der Waals surface area contributed by atoms with Crippen molar-refractivity contribution in [1.29, 1.82) is 0 Å². The summed E-state index contributed by atoms with van der Waals surface area (Å²) in [6.45, 7) is 6.05. The normalized spacial score (nSPS) is 14.4. The highest BCUT2D eigenvalue weighted by Gasteiger charge is 2.19. The number of hydrogen-bond acceptors (Lipinski definition) is 3. The standard InChI is InChI=1S/C9H14ClNO2S/c1-9(2,3)8(14-4)7(10)5-6-11(12)13/h5-6H,1-4H3/b6-5+,8-7+. The van der Waals surface area contributed by atoms with Gasteiger partial charge in [0.25, 0.3) is 0 Å². The van der Waals surface area contributed by atoms with Crippen LogP contribution in [-0.4, -0.2) is 11.2 Å². The van der Waals surface area contributed by atoms with E-state index in [1.807, 2.05) is 27.0 Å². The van der Waals surface area contributed by atoms with Crippen LogP contribution in [0.15, 0.2) is 22.2 Å². The lowest BCUT2D eigenvalue weighted by molar-refractivity contribution is -0.402. The Bertz CT molecular complexity index is 279. The molecule has 0 saturated heterocycles. The largest absolute Gasteiger partial charge is 0.259 e. The summed E-state index contributed by atoms with van der Waals surface area (Å²) in [4.78, 5) is 10.5. The van der Waals surface area contributed by atoms with Crippen molar-refractivity contribution in [3.8, 4) is 0 Å². The minimum Gasteiger partial charge on any atom is -0.259 e. The zero-order valence-corrected chi connectivity index (χ0v) is 10.3. The van der Waals surface area contributed by atoms with Gasteiger partial charge in [-0.25, -0.2) is 0 Å². The van der Waals surface area contributed by atoms with Gasteiger partial charge in [0.15, 0.2) is 0 Å². The highest BCUT2D eigenvalue weighted by atomic mass is 35.5. The van der Waals surface area contributed by atoms with Gasteiger partial charge in [0, 0.05) is 11.0 Å². The first-order valence-corrected chi connectivity index (χ1v) is 5.65. The second-order valence-electron chi connectivity index (χ2n) is 3.73. The van der Waals surface area contributed by atoms with Gasteiger partial charge in [0.2, 0.25) is 6.20 Å². The molecule has 5 heteroatoms. The monoisotopic (exact) mass is 235 g/mol. The lowest BCUT2D eigenvalue weighted by Crippen LogP contribution is -2.07. The Morgan fingerprint density at radius 1 is 1.50 bits per heavy atom. The van der Waals surface area contributed by atoms with Gasteiger partial charge in [-0.1, -0.05) is 32.4 Å². The molecule has 0 unspecified atom stereocenters. The molecule has 0 aliphatic carbocycles. The Hall–Kier alpha value is -0.480. The predicted molar refractivity (Wildman–Crippen MR) is 62.0 cm³/mol.